The van der Waals surface area contributed by atoms with Crippen molar-refractivity contribution in [2.75, 3.05) is 19.6 Å². The average molecular weight is 389 g/mol. The zero-order chi connectivity index (χ0) is 21.0. The number of hydrogen-bond donors (Lipinski definition) is 2. The molecule has 1 atom stereocenters. The van der Waals surface area contributed by atoms with E-state index >= 15 is 0 Å². The molecule has 28 heavy (non-hydrogen) atoms. The molecule has 0 radical (unpaired) electrons. The zero-order valence-corrected chi connectivity index (χ0v) is 18.0. The van der Waals surface area contributed by atoms with Crippen molar-refractivity contribution in [1.29, 1.82) is 0 Å². The van der Waals surface area contributed by atoms with Gasteiger partial charge in [0.05, 0.1) is 12.6 Å². The molecule has 0 spiro atoms. The third-order valence-corrected chi connectivity index (χ3v) is 3.73. The molecular formula is C23H36N2O3. The highest BCUT2D eigenvalue weighted by Gasteiger charge is 2.24. The Morgan fingerprint density at radius 3 is 2.54 bits per heavy atom. The van der Waals surface area contributed by atoms with Crippen LogP contribution in [0.15, 0.2) is 30.3 Å². The second-order valence-corrected chi connectivity index (χ2v) is 8.28. The molecule has 1 amide bonds. The first kappa shape index (κ1) is 24.0. The highest BCUT2D eigenvalue weighted by Crippen LogP contribution is 2.13. The maximum atomic E-state index is 12.6. The second kappa shape index (κ2) is 12.4. The van der Waals surface area contributed by atoms with Gasteiger partial charge in [0.25, 0.3) is 0 Å². The smallest absolute Gasteiger partial charge is 0.410 e. The van der Waals surface area contributed by atoms with Gasteiger partial charge in [-0.05, 0) is 39.3 Å². The minimum absolute atomic E-state index is 0.212. The van der Waals surface area contributed by atoms with Crippen LogP contribution in [0.25, 0.3) is 0 Å². The van der Waals surface area contributed by atoms with Crippen molar-refractivity contribution in [1.82, 2.24) is 10.2 Å². The summed E-state index contributed by atoms with van der Waals surface area (Å²) >= 11 is 0. The van der Waals surface area contributed by atoms with E-state index < -0.39 is 17.8 Å². The Morgan fingerprint density at radius 1 is 1.25 bits per heavy atom. The van der Waals surface area contributed by atoms with E-state index in [2.05, 4.69) is 31.0 Å². The number of carbonyl (C=O) groups is 1. The van der Waals surface area contributed by atoms with Gasteiger partial charge in [-0.25, -0.2) is 4.79 Å². The van der Waals surface area contributed by atoms with Crippen LogP contribution in [0, 0.1) is 17.8 Å². The molecule has 2 N–H and O–H groups in total. The average Bonchev–Trinajstić information content (AvgIpc) is 2.59. The van der Waals surface area contributed by atoms with Crippen molar-refractivity contribution in [2.45, 2.75) is 65.7 Å². The van der Waals surface area contributed by atoms with Gasteiger partial charge in [0.2, 0.25) is 0 Å². The van der Waals surface area contributed by atoms with Crippen molar-refractivity contribution < 1.29 is 14.6 Å². The number of carbonyl (C=O) groups excluding carboxylic acids is 1. The molecule has 0 fully saturated rings. The molecule has 0 bridgehead atoms. The Labute approximate surface area is 170 Å². The summed E-state index contributed by atoms with van der Waals surface area (Å²) in [5.41, 5.74) is 0.420. The van der Waals surface area contributed by atoms with Gasteiger partial charge < -0.3 is 20.1 Å². The number of benzene rings is 1. The number of amides is 1. The molecule has 0 aliphatic carbocycles. The fourth-order valence-corrected chi connectivity index (χ4v) is 2.50. The predicted octanol–water partition coefficient (Wildman–Crippen LogP) is 3.81. The van der Waals surface area contributed by atoms with Gasteiger partial charge in [0, 0.05) is 25.4 Å². The lowest BCUT2D eigenvalue weighted by atomic mass is 10.2. The van der Waals surface area contributed by atoms with Gasteiger partial charge >= 0.3 is 6.09 Å². The molecule has 0 saturated carbocycles. The van der Waals surface area contributed by atoms with E-state index in [9.17, 15) is 9.90 Å². The van der Waals surface area contributed by atoms with Crippen LogP contribution in [-0.2, 0) is 11.3 Å². The first-order chi connectivity index (χ1) is 13.2. The number of nitrogens with one attached hydrogen (secondary N) is 1. The van der Waals surface area contributed by atoms with Gasteiger partial charge in [0.1, 0.15) is 5.60 Å². The van der Waals surface area contributed by atoms with Crippen LogP contribution in [0.4, 0.5) is 4.79 Å². The summed E-state index contributed by atoms with van der Waals surface area (Å²) in [6.45, 7) is 11.5. The fraction of sp³-hybridized carbons (Fsp3) is 0.609. The molecule has 5 heteroatoms. The standard InChI is InChI=1S/C23H36N2O3/c1-19(2)12-8-7-11-15-24-16-21(26)18-25(22(27)28-23(3,4)5)17-20-13-9-6-10-14-20/h6,9-10,13-14,19,21,24,26H,7,11,15-18H2,1-5H3. The SMILES string of the molecule is CC(C)C#CCCCNCC(O)CN(Cc1ccccc1)C(=O)OC(C)(C)C. The molecule has 0 saturated heterocycles. The Morgan fingerprint density at radius 2 is 1.93 bits per heavy atom. The number of aliphatic hydroxyl groups excluding tert-OH is 1. The molecule has 5 nitrogen and oxygen atoms in total. The fourth-order valence-electron chi connectivity index (χ4n) is 2.50. The van der Waals surface area contributed by atoms with Gasteiger partial charge in [-0.2, -0.15) is 0 Å². The van der Waals surface area contributed by atoms with E-state index in [4.69, 9.17) is 4.74 Å². The van der Waals surface area contributed by atoms with E-state index in [0.717, 1.165) is 24.9 Å². The number of hydrogen-bond acceptors (Lipinski definition) is 4. The van der Waals surface area contributed by atoms with Crippen molar-refractivity contribution in [3.8, 4) is 11.8 Å². The quantitative estimate of drug-likeness (QED) is 0.499. The van der Waals surface area contributed by atoms with Crippen LogP contribution in [0.3, 0.4) is 0 Å². The maximum absolute atomic E-state index is 12.6. The molecule has 1 rings (SSSR count). The molecule has 0 heterocycles. The lowest BCUT2D eigenvalue weighted by molar-refractivity contribution is 0.0127. The first-order valence-corrected chi connectivity index (χ1v) is 10.1. The van der Waals surface area contributed by atoms with Gasteiger partial charge in [-0.15, -0.1) is 11.8 Å². The number of unbranched alkanes of at least 4 members (excludes halogenated alkanes) is 1. The largest absolute Gasteiger partial charge is 0.444 e. The van der Waals surface area contributed by atoms with E-state index in [1.54, 1.807) is 4.90 Å². The van der Waals surface area contributed by atoms with E-state index in [0.29, 0.717) is 19.0 Å². The molecule has 1 unspecified atom stereocenters. The Kier molecular flexibility index (Phi) is 10.7. The molecular weight excluding hydrogens is 352 g/mol. The summed E-state index contributed by atoms with van der Waals surface area (Å²) in [7, 11) is 0. The predicted molar refractivity (Wildman–Crippen MR) is 114 cm³/mol. The van der Waals surface area contributed by atoms with Crippen LogP contribution < -0.4 is 5.32 Å². The minimum Gasteiger partial charge on any atom is -0.444 e. The lowest BCUT2D eigenvalue weighted by Crippen LogP contribution is -2.43. The number of rotatable bonds is 9. The van der Waals surface area contributed by atoms with Gasteiger partial charge in [-0.3, -0.25) is 0 Å². The minimum atomic E-state index is -0.669. The highest BCUT2D eigenvalue weighted by molar-refractivity contribution is 5.68. The van der Waals surface area contributed by atoms with Crippen LogP contribution >= 0.6 is 0 Å². The van der Waals surface area contributed by atoms with Crippen LogP contribution in [0.2, 0.25) is 0 Å². The van der Waals surface area contributed by atoms with Gasteiger partial charge in [-0.1, -0.05) is 44.2 Å². The van der Waals surface area contributed by atoms with E-state index in [1.165, 1.54) is 0 Å². The molecule has 0 aliphatic heterocycles. The van der Waals surface area contributed by atoms with Crippen molar-refractivity contribution in [2.24, 2.45) is 5.92 Å². The lowest BCUT2D eigenvalue weighted by Gasteiger charge is -2.29. The van der Waals surface area contributed by atoms with Crippen molar-refractivity contribution in [3.05, 3.63) is 35.9 Å². The van der Waals surface area contributed by atoms with Crippen molar-refractivity contribution >= 4 is 6.09 Å². The molecule has 1 aromatic rings. The van der Waals surface area contributed by atoms with Crippen LogP contribution in [0.1, 0.15) is 53.0 Å². The number of ether oxygens (including phenoxy) is 1. The first-order valence-electron chi connectivity index (χ1n) is 10.1. The Balaban J connectivity index is 2.50. The van der Waals surface area contributed by atoms with Crippen molar-refractivity contribution in [3.63, 3.8) is 0 Å². The molecule has 156 valence electrons. The summed E-state index contributed by atoms with van der Waals surface area (Å²) in [4.78, 5) is 14.1. The summed E-state index contributed by atoms with van der Waals surface area (Å²) in [5.74, 6) is 6.69. The zero-order valence-electron chi connectivity index (χ0n) is 18.0. The summed E-state index contributed by atoms with van der Waals surface area (Å²) in [6, 6.07) is 9.72. The van der Waals surface area contributed by atoms with Crippen LogP contribution in [-0.4, -0.2) is 47.4 Å². The molecule has 0 aliphatic rings. The number of nitrogens with zero attached hydrogens (tertiary/aromatic N) is 1. The van der Waals surface area contributed by atoms with Crippen LogP contribution in [0.5, 0.6) is 0 Å². The Bertz CT molecular complexity index is 627. The highest BCUT2D eigenvalue weighted by atomic mass is 16.6. The van der Waals surface area contributed by atoms with E-state index in [-0.39, 0.29) is 6.54 Å². The Hall–Kier alpha value is -2.03. The van der Waals surface area contributed by atoms with E-state index in [1.807, 2.05) is 51.1 Å². The third-order valence-electron chi connectivity index (χ3n) is 3.73. The second-order valence-electron chi connectivity index (χ2n) is 8.28. The number of aliphatic hydroxyl groups is 1. The molecule has 1 aromatic carbocycles. The van der Waals surface area contributed by atoms with Gasteiger partial charge in [0.15, 0.2) is 0 Å². The summed E-state index contributed by atoms with van der Waals surface area (Å²) in [6.07, 6.45) is 0.697. The monoisotopic (exact) mass is 388 g/mol. The summed E-state index contributed by atoms with van der Waals surface area (Å²) < 4.78 is 5.50. The topological polar surface area (TPSA) is 61.8 Å². The third kappa shape index (κ3) is 11.6. The summed E-state index contributed by atoms with van der Waals surface area (Å²) in [5, 5.41) is 13.6. The normalized spacial score (nSPS) is 12.2. The maximum Gasteiger partial charge on any atom is 0.410 e. The molecule has 0 aromatic heterocycles.